The lowest BCUT2D eigenvalue weighted by molar-refractivity contribution is -0.274. The number of ether oxygens (including phenoxy) is 2. The van der Waals surface area contributed by atoms with Gasteiger partial charge in [-0.15, -0.1) is 23.4 Å². The van der Waals surface area contributed by atoms with Gasteiger partial charge in [-0.3, -0.25) is 14.4 Å². The summed E-state index contributed by atoms with van der Waals surface area (Å²) in [7, 11) is 1.66. The second-order valence-corrected chi connectivity index (χ2v) is 16.7. The first-order valence-electron chi connectivity index (χ1n) is 16.4. The molecule has 2 aromatic heterocycles. The average Bonchev–Trinajstić information content (AvgIpc) is 3.76. The van der Waals surface area contributed by atoms with Crippen molar-refractivity contribution in [3.05, 3.63) is 82.5 Å². The molecule has 1 N–H and O–H groups in total. The lowest BCUT2D eigenvalue weighted by atomic mass is 9.92. The maximum absolute atomic E-state index is 13.3. The molecule has 2 aromatic carbocycles. The van der Waals surface area contributed by atoms with Gasteiger partial charge in [0.15, 0.2) is 5.89 Å². The van der Waals surface area contributed by atoms with Crippen LogP contribution in [0, 0.1) is 0 Å². The molecule has 4 aromatic rings. The number of nitrogens with one attached hydrogen (secondary N) is 1. The van der Waals surface area contributed by atoms with Gasteiger partial charge in [0.25, 0.3) is 0 Å². The maximum Gasteiger partial charge on any atom is 0.573 e. The molecule has 2 heterocycles. The van der Waals surface area contributed by atoms with E-state index in [1.54, 1.807) is 51.3 Å². The largest absolute Gasteiger partial charge is 0.573 e. The first kappa shape index (κ1) is 43.6. The minimum Gasteiger partial charge on any atom is -0.445 e. The summed E-state index contributed by atoms with van der Waals surface area (Å²) in [5, 5.41) is 10.5. The summed E-state index contributed by atoms with van der Waals surface area (Å²) < 4.78 is 55.2. The van der Waals surface area contributed by atoms with Gasteiger partial charge < -0.3 is 24.1 Å². The van der Waals surface area contributed by atoms with Crippen LogP contribution in [0.2, 0.25) is 5.02 Å². The van der Waals surface area contributed by atoms with Gasteiger partial charge in [0.05, 0.1) is 29.0 Å². The van der Waals surface area contributed by atoms with Crippen molar-refractivity contribution in [1.29, 1.82) is 0 Å². The predicted molar refractivity (Wildman–Crippen MR) is 209 cm³/mol. The Labute approximate surface area is 326 Å². The number of rotatable bonds is 13. The molecule has 2 amide bonds. The van der Waals surface area contributed by atoms with Crippen LogP contribution < -0.4 is 10.1 Å². The zero-order valence-electron chi connectivity index (χ0n) is 30.4. The van der Waals surface area contributed by atoms with Crippen molar-refractivity contribution >= 4 is 63.8 Å². The minimum atomic E-state index is -4.91. The average molecular weight is 892 g/mol. The number of benzene rings is 2. The van der Waals surface area contributed by atoms with E-state index in [-0.39, 0.29) is 48.7 Å². The summed E-state index contributed by atoms with van der Waals surface area (Å²) in [4.78, 5) is 36.2. The summed E-state index contributed by atoms with van der Waals surface area (Å²) in [5.74, 6) is -0.166. The molecule has 18 heteroatoms. The highest BCUT2D eigenvalue weighted by Crippen LogP contribution is 2.32. The van der Waals surface area contributed by atoms with Gasteiger partial charge in [-0.25, -0.2) is 9.78 Å². The third kappa shape index (κ3) is 14.2. The Morgan fingerprint density at radius 1 is 1.19 bits per heavy atom. The number of anilines is 1. The zero-order chi connectivity index (χ0) is 39.3. The normalized spacial score (nSPS) is 12.5. The van der Waals surface area contributed by atoms with E-state index >= 15 is 0 Å². The van der Waals surface area contributed by atoms with Crippen LogP contribution in [0.25, 0.3) is 5.69 Å². The van der Waals surface area contributed by atoms with Crippen LogP contribution >= 0.6 is 39.9 Å². The number of carbonyl (C=O) groups is 2. The molecule has 0 saturated heterocycles. The number of hydrogen-bond donors (Lipinski definition) is 1. The van der Waals surface area contributed by atoms with E-state index < -0.39 is 23.8 Å². The monoisotopic (exact) mass is 891 g/mol. The van der Waals surface area contributed by atoms with Gasteiger partial charge in [0.2, 0.25) is 5.91 Å². The number of amides is 2. The number of aliphatic imine (C=N–C) groups is 1. The Kier molecular flexibility index (Phi) is 16.5. The summed E-state index contributed by atoms with van der Waals surface area (Å²) in [6.45, 7) is 11.5. The van der Waals surface area contributed by atoms with E-state index in [1.807, 2.05) is 12.1 Å². The van der Waals surface area contributed by atoms with Crippen LogP contribution in [0.5, 0.6) is 5.75 Å². The van der Waals surface area contributed by atoms with Crippen molar-refractivity contribution in [2.24, 2.45) is 4.99 Å². The van der Waals surface area contributed by atoms with Crippen LogP contribution in [-0.4, -0.2) is 75.1 Å². The molecule has 0 aliphatic rings. The van der Waals surface area contributed by atoms with E-state index in [0.29, 0.717) is 17.0 Å². The summed E-state index contributed by atoms with van der Waals surface area (Å²) in [5.41, 5.74) is 2.76. The molecule has 288 valence electrons. The van der Waals surface area contributed by atoms with Gasteiger partial charge in [-0.2, -0.15) is 0 Å². The van der Waals surface area contributed by atoms with E-state index in [9.17, 15) is 22.8 Å². The molecule has 2 atom stereocenters. The fourth-order valence-corrected chi connectivity index (χ4v) is 5.15. The first-order valence-corrected chi connectivity index (χ1v) is 21.4. The van der Waals surface area contributed by atoms with Crippen LogP contribution in [0.15, 0.2) is 58.6 Å². The molecule has 2 unspecified atom stereocenters. The van der Waals surface area contributed by atoms with Crippen LogP contribution in [0.4, 0.5) is 23.7 Å². The van der Waals surface area contributed by atoms with Crippen molar-refractivity contribution in [2.45, 2.75) is 78.3 Å². The molecule has 0 saturated carbocycles. The smallest absolute Gasteiger partial charge is 0.445 e. The van der Waals surface area contributed by atoms with Crippen LogP contribution in [-0.2, 0) is 28.9 Å². The topological polar surface area (TPSA) is 137 Å². The standard InChI is InChI=1S/C34H39ClF3N7O5.CH4IP/c1-7-21(2)25-13-23(45-19-41-42-20-45)14-28(26(25)17-39-6)43-30(46)15-24-16-40-31(48-24)10-11-44(32(47)50-33(3,4)5)18-22-8-9-29(27(35)12-22)49-34(36,37)38;1-3-2/h8-9,12-14,16-17,19-21H,7,10-11,15,18H2,1-6H3,(H,43,46);3H,1H3. The van der Waals surface area contributed by atoms with Crippen LogP contribution in [0.1, 0.15) is 75.3 Å². The fourth-order valence-electron chi connectivity index (χ4n) is 4.91. The van der Waals surface area contributed by atoms with Gasteiger partial charge in [0.1, 0.15) is 29.8 Å². The molecular weight excluding hydrogens is 849 g/mol. The van der Waals surface area contributed by atoms with Crippen LogP contribution in [0.3, 0.4) is 0 Å². The number of aromatic nitrogens is 4. The molecule has 0 fully saturated rings. The van der Waals surface area contributed by atoms with Crippen molar-refractivity contribution in [3.63, 3.8) is 0 Å². The van der Waals surface area contributed by atoms with E-state index in [1.165, 1.54) is 23.2 Å². The second kappa shape index (κ2) is 20.1. The van der Waals surface area contributed by atoms with E-state index in [4.69, 9.17) is 20.8 Å². The molecule has 0 radical (unpaired) electrons. The summed E-state index contributed by atoms with van der Waals surface area (Å²) in [6, 6.07) is 7.59. The lowest BCUT2D eigenvalue weighted by Crippen LogP contribution is -2.37. The highest BCUT2D eigenvalue weighted by atomic mass is 127. The van der Waals surface area contributed by atoms with E-state index in [2.05, 4.69) is 72.8 Å². The van der Waals surface area contributed by atoms with Crippen molar-refractivity contribution in [2.75, 3.05) is 25.6 Å². The Bertz CT molecular complexity index is 1840. The molecule has 0 bridgehead atoms. The summed E-state index contributed by atoms with van der Waals surface area (Å²) >= 11 is 8.34. The predicted octanol–water partition coefficient (Wildman–Crippen LogP) is 9.18. The highest BCUT2D eigenvalue weighted by molar-refractivity contribution is 14.2. The van der Waals surface area contributed by atoms with E-state index in [0.717, 1.165) is 35.5 Å². The Morgan fingerprint density at radius 3 is 2.45 bits per heavy atom. The molecule has 53 heavy (non-hydrogen) atoms. The lowest BCUT2D eigenvalue weighted by Gasteiger charge is -2.27. The number of alkyl halides is 3. The Morgan fingerprint density at radius 2 is 1.87 bits per heavy atom. The van der Waals surface area contributed by atoms with Gasteiger partial charge >= 0.3 is 12.5 Å². The SMILES string of the molecule is CCC(C)c1cc(-n2cnnc2)cc(NC(=O)Cc2cnc(CCN(Cc3ccc(OC(F)(F)F)c(Cl)c3)C(=O)OC(C)(C)C)o2)c1C=NC.CPI. The summed E-state index contributed by atoms with van der Waals surface area (Å²) in [6.07, 6.45) is 2.70. The van der Waals surface area contributed by atoms with Crippen molar-refractivity contribution in [3.8, 4) is 11.4 Å². The molecule has 0 spiro atoms. The molecule has 0 aliphatic heterocycles. The van der Waals surface area contributed by atoms with Crippen molar-refractivity contribution < 1.29 is 36.7 Å². The number of halogens is 5. The zero-order valence-corrected chi connectivity index (χ0v) is 34.3. The number of nitrogens with zero attached hydrogens (tertiary/aromatic N) is 6. The Balaban J connectivity index is 0.00000243. The number of hydrogen-bond acceptors (Lipinski definition) is 9. The molecule has 0 aliphatic carbocycles. The minimum absolute atomic E-state index is 0.0346. The molecule has 12 nitrogen and oxygen atoms in total. The first-order chi connectivity index (χ1) is 25.0. The van der Waals surface area contributed by atoms with Crippen molar-refractivity contribution in [1.82, 2.24) is 24.6 Å². The quantitative estimate of drug-likeness (QED) is 0.0798. The molecular formula is C35H43ClF3IN7O5P. The highest BCUT2D eigenvalue weighted by Gasteiger charge is 2.32. The third-order valence-corrected chi connectivity index (χ3v) is 7.66. The number of carbonyl (C=O) groups excluding carboxylic acids is 2. The van der Waals surface area contributed by atoms with Gasteiger partial charge in [0, 0.05) is 38.3 Å². The maximum atomic E-state index is 13.3. The fraction of sp³-hybridized carbons (Fsp3) is 0.429. The van der Waals surface area contributed by atoms with Gasteiger partial charge in [-0.05, 0) is 75.2 Å². The number of oxazole rings is 1. The Hall–Kier alpha value is -3.76. The molecule has 4 rings (SSSR count). The van der Waals surface area contributed by atoms with Gasteiger partial charge in [-0.1, -0.05) is 59.8 Å². The second-order valence-electron chi connectivity index (χ2n) is 12.7. The third-order valence-electron chi connectivity index (χ3n) is 7.37.